The second kappa shape index (κ2) is 7.73. The maximum atomic E-state index is 15.3. The van der Waals surface area contributed by atoms with Crippen molar-refractivity contribution in [2.24, 2.45) is 11.8 Å². The van der Waals surface area contributed by atoms with Crippen LogP contribution in [0.3, 0.4) is 0 Å². The highest BCUT2D eigenvalue weighted by atomic mass is 19.1. The number of hydrogen-bond donors (Lipinski definition) is 3. The predicted molar refractivity (Wildman–Crippen MR) is 110 cm³/mol. The first-order valence-corrected chi connectivity index (χ1v) is 10.5. The Kier molecular flexibility index (Phi) is 5.39. The van der Waals surface area contributed by atoms with Crippen molar-refractivity contribution in [1.82, 2.24) is 19.5 Å². The van der Waals surface area contributed by atoms with Gasteiger partial charge in [-0.2, -0.15) is 9.97 Å². The van der Waals surface area contributed by atoms with Crippen molar-refractivity contribution in [3.05, 3.63) is 6.33 Å². The molecule has 9 nitrogen and oxygen atoms in total. The summed E-state index contributed by atoms with van der Waals surface area (Å²) in [5.41, 5.74) is -0.0971. The third-order valence-electron chi connectivity index (χ3n) is 6.17. The fourth-order valence-electron chi connectivity index (χ4n) is 3.79. The van der Waals surface area contributed by atoms with E-state index in [9.17, 15) is 9.90 Å². The molecule has 0 unspecified atom stereocenters. The molecule has 1 amide bonds. The Morgan fingerprint density at radius 1 is 1.43 bits per heavy atom. The van der Waals surface area contributed by atoms with E-state index < -0.39 is 23.9 Å². The molecule has 4 atom stereocenters. The molecule has 3 N–H and O–H groups in total. The number of ether oxygens (including phenoxy) is 1. The molecule has 1 aliphatic carbocycles. The largest absolute Gasteiger partial charge is 0.393 e. The molecular weight excluding hydrogens is 391 g/mol. The Labute approximate surface area is 174 Å². The average Bonchev–Trinajstić information content (AvgIpc) is 3.38. The van der Waals surface area contributed by atoms with Crippen molar-refractivity contribution in [3.8, 4) is 0 Å². The van der Waals surface area contributed by atoms with E-state index >= 15 is 4.39 Å². The molecule has 2 aliphatic rings. The Bertz CT molecular complexity index is 940. The van der Waals surface area contributed by atoms with E-state index in [4.69, 9.17) is 4.74 Å². The zero-order chi connectivity index (χ0) is 21.6. The number of aromatic nitrogens is 4. The van der Waals surface area contributed by atoms with E-state index in [0.29, 0.717) is 29.4 Å². The van der Waals surface area contributed by atoms with Gasteiger partial charge in [-0.3, -0.25) is 14.7 Å². The Morgan fingerprint density at radius 2 is 2.17 bits per heavy atom. The first-order valence-electron chi connectivity index (χ1n) is 10.5. The minimum absolute atomic E-state index is 0.136. The van der Waals surface area contributed by atoms with Crippen LogP contribution in [0.5, 0.6) is 0 Å². The summed E-state index contributed by atoms with van der Waals surface area (Å²) < 4.78 is 22.8. The zero-order valence-corrected chi connectivity index (χ0v) is 17.7. The van der Waals surface area contributed by atoms with Crippen LogP contribution in [0.4, 0.5) is 16.2 Å². The molecule has 2 aromatic rings. The third-order valence-corrected chi connectivity index (χ3v) is 6.17. The summed E-state index contributed by atoms with van der Waals surface area (Å²) in [5, 5.41) is 15.9. The number of nitrogens with one attached hydrogen (secondary N) is 2. The van der Waals surface area contributed by atoms with Gasteiger partial charge in [0.15, 0.2) is 29.4 Å². The maximum absolute atomic E-state index is 15.3. The number of halogens is 1. The van der Waals surface area contributed by atoms with Gasteiger partial charge in [-0.15, -0.1) is 0 Å². The van der Waals surface area contributed by atoms with Gasteiger partial charge in [0, 0.05) is 17.9 Å². The van der Waals surface area contributed by atoms with Crippen LogP contribution in [-0.4, -0.2) is 55.0 Å². The predicted octanol–water partition coefficient (Wildman–Crippen LogP) is 2.64. The number of rotatable bonds is 7. The van der Waals surface area contributed by atoms with Crippen molar-refractivity contribution in [1.29, 1.82) is 0 Å². The van der Waals surface area contributed by atoms with Crippen molar-refractivity contribution in [2.45, 2.75) is 71.0 Å². The molecule has 2 aromatic heterocycles. The van der Waals surface area contributed by atoms with Crippen LogP contribution in [0.25, 0.3) is 11.2 Å². The van der Waals surface area contributed by atoms with Crippen molar-refractivity contribution in [3.63, 3.8) is 0 Å². The topological polar surface area (TPSA) is 114 Å². The van der Waals surface area contributed by atoms with Gasteiger partial charge >= 0.3 is 0 Å². The van der Waals surface area contributed by atoms with Crippen LogP contribution < -0.4 is 10.6 Å². The van der Waals surface area contributed by atoms with Crippen LogP contribution in [0.1, 0.15) is 53.2 Å². The van der Waals surface area contributed by atoms with Gasteiger partial charge in [0.05, 0.1) is 18.5 Å². The average molecular weight is 420 g/mol. The molecule has 1 aliphatic heterocycles. The number of aliphatic hydroxyl groups excluding tert-OH is 1. The van der Waals surface area contributed by atoms with Crippen LogP contribution in [0.15, 0.2) is 6.33 Å². The first kappa shape index (κ1) is 20.9. The van der Waals surface area contributed by atoms with E-state index in [1.165, 1.54) is 10.9 Å². The molecule has 2 fully saturated rings. The number of imidazole rings is 1. The Morgan fingerprint density at radius 3 is 2.73 bits per heavy atom. The summed E-state index contributed by atoms with van der Waals surface area (Å²) in [4.78, 5) is 25.5. The molecule has 30 heavy (non-hydrogen) atoms. The molecule has 164 valence electrons. The highest BCUT2D eigenvalue weighted by Gasteiger charge is 2.53. The van der Waals surface area contributed by atoms with Gasteiger partial charge in [-0.05, 0) is 19.3 Å². The second-order valence-electron chi connectivity index (χ2n) is 8.60. The normalized spacial score (nSPS) is 29.0. The molecule has 10 heteroatoms. The zero-order valence-electron chi connectivity index (χ0n) is 17.7. The fourth-order valence-corrected chi connectivity index (χ4v) is 3.79. The maximum Gasteiger partial charge on any atom is 0.233 e. The van der Waals surface area contributed by atoms with E-state index in [0.717, 1.165) is 12.8 Å². The lowest BCUT2D eigenvalue weighted by Crippen LogP contribution is -2.39. The van der Waals surface area contributed by atoms with E-state index in [-0.39, 0.29) is 24.4 Å². The van der Waals surface area contributed by atoms with Crippen LogP contribution in [-0.2, 0) is 9.53 Å². The van der Waals surface area contributed by atoms with Crippen molar-refractivity contribution in [2.75, 3.05) is 17.2 Å². The molecule has 4 rings (SSSR count). The molecular formula is C20H29FN6O3. The highest BCUT2D eigenvalue weighted by Crippen LogP contribution is 2.46. The smallest absolute Gasteiger partial charge is 0.233 e. The fraction of sp³-hybridized carbons (Fsp3) is 0.700. The number of hydrogen-bond acceptors (Lipinski definition) is 7. The quantitative estimate of drug-likeness (QED) is 0.631. The summed E-state index contributed by atoms with van der Waals surface area (Å²) in [6.07, 6.45) is 1.70. The van der Waals surface area contributed by atoms with Gasteiger partial charge in [-0.1, -0.05) is 27.7 Å². The number of anilines is 2. The number of nitrogens with zero attached hydrogens (tertiary/aromatic N) is 4. The van der Waals surface area contributed by atoms with Crippen LogP contribution in [0, 0.1) is 11.8 Å². The van der Waals surface area contributed by atoms with E-state index in [2.05, 4.69) is 25.6 Å². The standard InChI is InChI=1S/C20H29FN6O3/c1-5-20(8-28)11(4)13(21)18(30-20)27-9-22-14-15(23-12-6-7-12)24-19(25-16(14)27)26-17(29)10(2)3/h9-13,18,28H,5-8H2,1-4H3,(H2,23,24,25,26,29)/t11-,13+,18+,20+/m0/s1. The van der Waals surface area contributed by atoms with Crippen molar-refractivity contribution >= 4 is 28.8 Å². The summed E-state index contributed by atoms with van der Waals surface area (Å²) in [7, 11) is 0. The monoisotopic (exact) mass is 420 g/mol. The molecule has 0 aromatic carbocycles. The summed E-state index contributed by atoms with van der Waals surface area (Å²) in [6, 6.07) is 0.306. The highest BCUT2D eigenvalue weighted by molar-refractivity contribution is 5.92. The summed E-state index contributed by atoms with van der Waals surface area (Å²) in [5.74, 6) is -0.307. The summed E-state index contributed by atoms with van der Waals surface area (Å²) in [6.45, 7) is 6.90. The van der Waals surface area contributed by atoms with E-state index in [1.54, 1.807) is 20.8 Å². The van der Waals surface area contributed by atoms with Crippen molar-refractivity contribution < 1.29 is 19.0 Å². The Balaban J connectivity index is 1.76. The number of alkyl halides is 1. The van der Waals surface area contributed by atoms with E-state index in [1.807, 2.05) is 6.92 Å². The minimum Gasteiger partial charge on any atom is -0.393 e. The van der Waals surface area contributed by atoms with Crippen LogP contribution >= 0.6 is 0 Å². The molecule has 0 bridgehead atoms. The second-order valence-corrected chi connectivity index (χ2v) is 8.60. The van der Waals surface area contributed by atoms with Gasteiger partial charge in [0.2, 0.25) is 11.9 Å². The third kappa shape index (κ3) is 3.51. The molecule has 1 saturated heterocycles. The van der Waals surface area contributed by atoms with Crippen LogP contribution in [0.2, 0.25) is 0 Å². The number of carbonyl (C=O) groups excluding carboxylic acids is 1. The minimum atomic E-state index is -1.35. The van der Waals surface area contributed by atoms with Gasteiger partial charge in [0.25, 0.3) is 0 Å². The lowest BCUT2D eigenvalue weighted by molar-refractivity contribution is -0.118. The van der Waals surface area contributed by atoms with Gasteiger partial charge in [0.1, 0.15) is 0 Å². The Hall–Kier alpha value is -2.33. The number of carbonyl (C=O) groups is 1. The lowest BCUT2D eigenvalue weighted by atomic mass is 9.86. The van der Waals surface area contributed by atoms with Gasteiger partial charge in [-0.25, -0.2) is 9.37 Å². The van der Waals surface area contributed by atoms with Gasteiger partial charge < -0.3 is 15.2 Å². The molecule has 0 spiro atoms. The molecule has 1 saturated carbocycles. The number of fused-ring (bicyclic) bond motifs is 1. The first-order chi connectivity index (χ1) is 14.3. The molecule has 0 radical (unpaired) electrons. The summed E-state index contributed by atoms with van der Waals surface area (Å²) >= 11 is 0. The number of aliphatic hydroxyl groups is 1. The molecule has 3 heterocycles. The SMILES string of the molecule is CC[C@]1(CO)O[C@@H](n2cnc3c(NC4CC4)nc(NC(=O)C(C)C)nc32)[C@H](F)[C@@H]1C. The lowest BCUT2D eigenvalue weighted by Gasteiger charge is -2.29. The number of amides is 1.